The van der Waals surface area contributed by atoms with Crippen molar-refractivity contribution in [3.63, 3.8) is 0 Å². The third-order valence-electron chi connectivity index (χ3n) is 4.89. The highest BCUT2D eigenvalue weighted by Gasteiger charge is 2.40. The highest BCUT2D eigenvalue weighted by Crippen LogP contribution is 2.42. The Hall–Kier alpha value is -2.14. The molecule has 24 heavy (non-hydrogen) atoms. The number of fused-ring (bicyclic) bond motifs is 1. The molecule has 5 heteroatoms. The second-order valence-electron chi connectivity index (χ2n) is 6.35. The second-order valence-corrected chi connectivity index (χ2v) is 7.26. The van der Waals surface area contributed by atoms with E-state index < -0.39 is 0 Å². The molecule has 0 unspecified atom stereocenters. The molecule has 122 valence electrons. The van der Waals surface area contributed by atoms with Crippen LogP contribution in [0.3, 0.4) is 0 Å². The van der Waals surface area contributed by atoms with E-state index in [-0.39, 0.29) is 24.0 Å². The maximum Gasteiger partial charge on any atom is 0.338 e. The van der Waals surface area contributed by atoms with E-state index in [0.29, 0.717) is 11.1 Å². The number of ether oxygens (including phenoxy) is 1. The number of carbonyl (C=O) groups is 2. The van der Waals surface area contributed by atoms with Crippen molar-refractivity contribution >= 4 is 27.8 Å². The summed E-state index contributed by atoms with van der Waals surface area (Å²) in [6.07, 6.45) is 2.92. The van der Waals surface area contributed by atoms with Gasteiger partial charge in [-0.1, -0.05) is 34.1 Å². The minimum Gasteiger partial charge on any atom is -0.457 e. The van der Waals surface area contributed by atoms with Crippen molar-refractivity contribution in [3.8, 4) is 0 Å². The number of carbonyl (C=O) groups excluding carboxylic acids is 2. The Kier molecular flexibility index (Phi) is 3.68. The van der Waals surface area contributed by atoms with Crippen molar-refractivity contribution in [1.29, 1.82) is 0 Å². The number of benzene rings is 2. The number of amides is 1. The van der Waals surface area contributed by atoms with Gasteiger partial charge in [0.2, 0.25) is 0 Å². The first kappa shape index (κ1) is 15.4. The SMILES string of the molecule is O=C(NC1(c2cccc(Br)c2)CCC1)c1ccc2c(c1)C(=O)OC2. The van der Waals surface area contributed by atoms with Crippen LogP contribution in [0.4, 0.5) is 0 Å². The molecule has 1 saturated carbocycles. The zero-order valence-corrected chi connectivity index (χ0v) is 14.6. The second kappa shape index (κ2) is 5.74. The Balaban J connectivity index is 1.61. The van der Waals surface area contributed by atoms with E-state index in [1.54, 1.807) is 18.2 Å². The van der Waals surface area contributed by atoms with Gasteiger partial charge in [0.05, 0.1) is 11.1 Å². The fourth-order valence-corrected chi connectivity index (χ4v) is 3.75. The van der Waals surface area contributed by atoms with Gasteiger partial charge in [-0.2, -0.15) is 0 Å². The maximum atomic E-state index is 12.7. The summed E-state index contributed by atoms with van der Waals surface area (Å²) in [6.45, 7) is 0.290. The molecule has 0 bridgehead atoms. The molecule has 1 amide bonds. The van der Waals surface area contributed by atoms with Gasteiger partial charge in [-0.3, -0.25) is 4.79 Å². The first-order valence-corrected chi connectivity index (χ1v) is 8.75. The molecule has 1 fully saturated rings. The van der Waals surface area contributed by atoms with Gasteiger partial charge < -0.3 is 10.1 Å². The van der Waals surface area contributed by atoms with Gasteiger partial charge in [-0.15, -0.1) is 0 Å². The van der Waals surface area contributed by atoms with Crippen LogP contribution in [0.25, 0.3) is 0 Å². The number of esters is 1. The molecule has 4 rings (SSSR count). The molecule has 0 radical (unpaired) electrons. The first-order chi connectivity index (χ1) is 11.6. The number of rotatable bonds is 3. The van der Waals surface area contributed by atoms with Crippen LogP contribution < -0.4 is 5.32 Å². The van der Waals surface area contributed by atoms with Crippen molar-refractivity contribution in [2.24, 2.45) is 0 Å². The van der Waals surface area contributed by atoms with E-state index in [1.807, 2.05) is 18.2 Å². The molecule has 1 heterocycles. The summed E-state index contributed by atoms with van der Waals surface area (Å²) >= 11 is 3.50. The Morgan fingerprint density at radius 1 is 1.17 bits per heavy atom. The number of hydrogen-bond donors (Lipinski definition) is 1. The molecular weight excluding hydrogens is 370 g/mol. The molecule has 0 saturated heterocycles. The molecule has 2 aliphatic rings. The van der Waals surface area contributed by atoms with Crippen molar-refractivity contribution in [2.45, 2.75) is 31.4 Å². The Morgan fingerprint density at radius 2 is 2.00 bits per heavy atom. The van der Waals surface area contributed by atoms with Gasteiger partial charge >= 0.3 is 5.97 Å². The lowest BCUT2D eigenvalue weighted by molar-refractivity contribution is 0.0535. The number of cyclic esters (lactones) is 1. The first-order valence-electron chi connectivity index (χ1n) is 7.96. The largest absolute Gasteiger partial charge is 0.457 e. The Bertz CT molecular complexity index is 842. The molecule has 4 nitrogen and oxygen atoms in total. The van der Waals surface area contributed by atoms with Crippen LogP contribution in [0.1, 0.15) is 51.1 Å². The van der Waals surface area contributed by atoms with Crippen LogP contribution in [0, 0.1) is 0 Å². The predicted octanol–water partition coefficient (Wildman–Crippen LogP) is 3.93. The van der Waals surface area contributed by atoms with Crippen LogP contribution in [0.2, 0.25) is 0 Å². The van der Waals surface area contributed by atoms with Crippen molar-refractivity contribution in [3.05, 3.63) is 69.2 Å². The van der Waals surface area contributed by atoms with Crippen LogP contribution in [-0.2, 0) is 16.9 Å². The summed E-state index contributed by atoms with van der Waals surface area (Å²) in [5.74, 6) is -0.512. The summed E-state index contributed by atoms with van der Waals surface area (Å²) < 4.78 is 6.00. The normalized spacial score (nSPS) is 17.6. The molecular formula is C19H16BrNO3. The summed E-state index contributed by atoms with van der Waals surface area (Å²) in [5.41, 5.74) is 2.61. The standard InChI is InChI=1S/C19H16BrNO3/c20-15-4-1-3-14(10-15)19(7-2-8-19)21-17(22)12-5-6-13-11-24-18(23)16(13)9-12/h1,3-6,9-10H,2,7-8,11H2,(H,21,22). The highest BCUT2D eigenvalue weighted by atomic mass is 79.9. The molecule has 2 aromatic carbocycles. The van der Waals surface area contributed by atoms with Gasteiger partial charge in [-0.25, -0.2) is 4.79 Å². The quantitative estimate of drug-likeness (QED) is 0.814. The summed E-state index contributed by atoms with van der Waals surface area (Å²) in [5, 5.41) is 3.18. The molecule has 0 atom stereocenters. The molecule has 0 aromatic heterocycles. The molecule has 1 N–H and O–H groups in total. The Labute approximate surface area is 148 Å². The average molecular weight is 386 g/mol. The zero-order valence-electron chi connectivity index (χ0n) is 13.0. The third kappa shape index (κ3) is 2.53. The average Bonchev–Trinajstić information content (AvgIpc) is 2.91. The molecule has 1 aliphatic carbocycles. The van der Waals surface area contributed by atoms with E-state index in [0.717, 1.165) is 34.9 Å². The fourth-order valence-electron chi connectivity index (χ4n) is 3.35. The van der Waals surface area contributed by atoms with Crippen LogP contribution in [0.5, 0.6) is 0 Å². The number of nitrogens with one attached hydrogen (secondary N) is 1. The molecule has 2 aromatic rings. The summed E-state index contributed by atoms with van der Waals surface area (Å²) in [4.78, 5) is 24.4. The smallest absolute Gasteiger partial charge is 0.338 e. The van der Waals surface area contributed by atoms with Crippen LogP contribution >= 0.6 is 15.9 Å². The van der Waals surface area contributed by atoms with E-state index in [2.05, 4.69) is 27.3 Å². The lowest BCUT2D eigenvalue weighted by atomic mass is 9.71. The minimum absolute atomic E-state index is 0.155. The van der Waals surface area contributed by atoms with Crippen LogP contribution in [-0.4, -0.2) is 11.9 Å². The maximum absolute atomic E-state index is 12.7. The van der Waals surface area contributed by atoms with Crippen molar-refractivity contribution in [2.75, 3.05) is 0 Å². The molecule has 1 aliphatic heterocycles. The zero-order chi connectivity index (χ0) is 16.7. The number of halogens is 1. The molecule has 0 spiro atoms. The fraction of sp³-hybridized carbons (Fsp3) is 0.263. The van der Waals surface area contributed by atoms with E-state index >= 15 is 0 Å². The van der Waals surface area contributed by atoms with Gasteiger partial charge in [-0.05, 0) is 49.1 Å². The lowest BCUT2D eigenvalue weighted by Gasteiger charge is -2.43. The van der Waals surface area contributed by atoms with E-state index in [1.165, 1.54) is 0 Å². The van der Waals surface area contributed by atoms with Crippen molar-refractivity contribution in [1.82, 2.24) is 5.32 Å². The highest BCUT2D eigenvalue weighted by molar-refractivity contribution is 9.10. The predicted molar refractivity (Wildman–Crippen MR) is 92.7 cm³/mol. The van der Waals surface area contributed by atoms with Gasteiger partial charge in [0, 0.05) is 15.6 Å². The summed E-state index contributed by atoms with van der Waals surface area (Å²) in [6, 6.07) is 13.2. The van der Waals surface area contributed by atoms with Crippen molar-refractivity contribution < 1.29 is 14.3 Å². The minimum atomic E-state index is -0.356. The Morgan fingerprint density at radius 3 is 2.71 bits per heavy atom. The van der Waals surface area contributed by atoms with E-state index in [4.69, 9.17) is 4.74 Å². The monoisotopic (exact) mass is 385 g/mol. The van der Waals surface area contributed by atoms with E-state index in [9.17, 15) is 9.59 Å². The van der Waals surface area contributed by atoms with Gasteiger partial charge in [0.15, 0.2) is 0 Å². The van der Waals surface area contributed by atoms with Gasteiger partial charge in [0.25, 0.3) is 5.91 Å². The third-order valence-corrected chi connectivity index (χ3v) is 5.38. The van der Waals surface area contributed by atoms with Gasteiger partial charge in [0.1, 0.15) is 6.61 Å². The number of hydrogen-bond acceptors (Lipinski definition) is 3. The van der Waals surface area contributed by atoms with Crippen LogP contribution in [0.15, 0.2) is 46.9 Å². The summed E-state index contributed by atoms with van der Waals surface area (Å²) in [7, 11) is 0. The topological polar surface area (TPSA) is 55.4 Å². The lowest BCUT2D eigenvalue weighted by Crippen LogP contribution is -2.50.